The third kappa shape index (κ3) is 3.20. The van der Waals surface area contributed by atoms with Gasteiger partial charge in [-0.1, -0.05) is 11.6 Å². The number of rotatable bonds is 2. The Morgan fingerprint density at radius 1 is 1.43 bits per heavy atom. The van der Waals surface area contributed by atoms with Gasteiger partial charge < -0.3 is 9.64 Å². The van der Waals surface area contributed by atoms with Gasteiger partial charge in [-0.25, -0.2) is 14.6 Å². The van der Waals surface area contributed by atoms with E-state index in [4.69, 9.17) is 16.3 Å². The molecule has 2 aliphatic heterocycles. The summed E-state index contributed by atoms with van der Waals surface area (Å²) in [5.74, 6) is 0. The second-order valence-corrected chi connectivity index (χ2v) is 8.18. The zero-order chi connectivity index (χ0) is 19.9. The van der Waals surface area contributed by atoms with Gasteiger partial charge in [0.2, 0.25) is 0 Å². The number of urea groups is 1. The predicted octanol–water partition coefficient (Wildman–Crippen LogP) is 3.94. The third-order valence-corrected chi connectivity index (χ3v) is 6.27. The van der Waals surface area contributed by atoms with E-state index in [0.717, 1.165) is 23.4 Å². The smallest absolute Gasteiger partial charge is 0.409 e. The number of carbonyl (C=O) groups excluding carboxylic acids is 2. The number of hydrogen-bond acceptors (Lipinski definition) is 5. The second kappa shape index (κ2) is 7.25. The second-order valence-electron chi connectivity index (χ2n) is 6.88. The molecule has 0 bridgehead atoms. The lowest BCUT2D eigenvalue weighted by atomic mass is 9.81. The Balaban J connectivity index is 1.62. The first-order valence-electron chi connectivity index (χ1n) is 8.75. The Kier molecular flexibility index (Phi) is 4.93. The zero-order valence-electron chi connectivity index (χ0n) is 15.3. The van der Waals surface area contributed by atoms with Crippen LogP contribution in [0.2, 0.25) is 5.02 Å². The van der Waals surface area contributed by atoms with E-state index >= 15 is 0 Å². The highest BCUT2D eigenvalue weighted by molar-refractivity contribution is 7.14. The number of halogens is 1. The first kappa shape index (κ1) is 19.0. The molecule has 2 aliphatic rings. The van der Waals surface area contributed by atoms with E-state index in [-0.39, 0.29) is 17.5 Å². The molecule has 1 saturated heterocycles. The number of methoxy groups -OCH3 is 1. The number of thiazole rings is 1. The van der Waals surface area contributed by atoms with Crippen LogP contribution in [-0.4, -0.2) is 48.8 Å². The average molecular weight is 419 g/mol. The standard InChI is InChI=1S/C19H19ClN4O3S/c1-3-13-9-28-16(21-13)22-17(25)24-11-19(6-7-23(10-19)18(26)27-2)14-8-12(20)4-5-15(14)24/h3-5,8-9H,1,6-7,10-11H2,2H3,(H,21,22,25). The fourth-order valence-corrected chi connectivity index (χ4v) is 4.78. The molecular weight excluding hydrogens is 400 g/mol. The van der Waals surface area contributed by atoms with Gasteiger partial charge in [0.05, 0.1) is 12.8 Å². The zero-order valence-corrected chi connectivity index (χ0v) is 16.8. The summed E-state index contributed by atoms with van der Waals surface area (Å²) in [6.45, 7) is 5.19. The summed E-state index contributed by atoms with van der Waals surface area (Å²) < 4.78 is 4.87. The maximum atomic E-state index is 13.0. The monoisotopic (exact) mass is 418 g/mol. The molecule has 2 radical (unpaired) electrons. The summed E-state index contributed by atoms with van der Waals surface area (Å²) in [5, 5.41) is 5.80. The Morgan fingerprint density at radius 2 is 2.25 bits per heavy atom. The van der Waals surface area contributed by atoms with Crippen molar-refractivity contribution >= 4 is 45.9 Å². The molecule has 7 nitrogen and oxygen atoms in total. The summed E-state index contributed by atoms with van der Waals surface area (Å²) in [7, 11) is 1.37. The van der Waals surface area contributed by atoms with E-state index in [1.165, 1.54) is 18.4 Å². The van der Waals surface area contributed by atoms with Crippen molar-refractivity contribution in [2.75, 3.05) is 37.0 Å². The summed E-state index contributed by atoms with van der Waals surface area (Å²) >= 11 is 7.59. The van der Waals surface area contributed by atoms with Crippen LogP contribution < -0.4 is 10.2 Å². The summed E-state index contributed by atoms with van der Waals surface area (Å²) in [5.41, 5.74) is 2.14. The van der Waals surface area contributed by atoms with Crippen molar-refractivity contribution < 1.29 is 14.3 Å². The van der Waals surface area contributed by atoms with Gasteiger partial charge in [-0.15, -0.1) is 11.3 Å². The minimum atomic E-state index is -0.360. The van der Waals surface area contributed by atoms with Gasteiger partial charge >= 0.3 is 12.1 Å². The quantitative estimate of drug-likeness (QED) is 0.801. The topological polar surface area (TPSA) is 74.8 Å². The molecule has 2 aromatic rings. The molecule has 9 heteroatoms. The molecule has 1 atom stereocenters. The fourth-order valence-electron chi connectivity index (χ4n) is 3.93. The molecule has 1 spiro atoms. The number of likely N-dealkylation sites (tertiary alicyclic amines) is 1. The van der Waals surface area contributed by atoms with Gasteiger partial charge in [-0.05, 0) is 37.1 Å². The van der Waals surface area contributed by atoms with Crippen molar-refractivity contribution in [3.8, 4) is 0 Å². The highest BCUT2D eigenvalue weighted by Gasteiger charge is 2.50. The fraction of sp³-hybridized carbons (Fsp3) is 0.316. The Bertz CT molecular complexity index is 934. The van der Waals surface area contributed by atoms with Gasteiger partial charge in [0.25, 0.3) is 0 Å². The van der Waals surface area contributed by atoms with Crippen LogP contribution >= 0.6 is 22.9 Å². The molecule has 0 saturated carbocycles. The minimum Gasteiger partial charge on any atom is -0.453 e. The molecule has 3 heterocycles. The first-order valence-corrected chi connectivity index (χ1v) is 10.0. The normalized spacial score (nSPS) is 20.5. The lowest BCUT2D eigenvalue weighted by Gasteiger charge is -2.25. The molecule has 146 valence electrons. The SMILES string of the molecule is [CH2][CH]c1csc(NC(=O)N2CC3(CCN(C(=O)OC)C3)c3cc(Cl)ccc32)n1. The number of anilines is 2. The maximum Gasteiger partial charge on any atom is 0.409 e. The molecule has 1 aromatic heterocycles. The van der Waals surface area contributed by atoms with Gasteiger partial charge in [0.15, 0.2) is 5.13 Å². The Labute approximate surface area is 172 Å². The van der Waals surface area contributed by atoms with Crippen molar-refractivity contribution in [2.24, 2.45) is 0 Å². The number of nitrogens with one attached hydrogen (secondary N) is 1. The first-order chi connectivity index (χ1) is 13.5. The summed E-state index contributed by atoms with van der Waals surface area (Å²) in [4.78, 5) is 32.6. The Hall–Kier alpha value is -2.32. The number of amides is 3. The van der Waals surface area contributed by atoms with E-state index in [1.807, 2.05) is 17.5 Å². The molecule has 1 fully saturated rings. The van der Waals surface area contributed by atoms with Crippen molar-refractivity contribution in [1.29, 1.82) is 0 Å². The number of benzene rings is 1. The van der Waals surface area contributed by atoms with Crippen molar-refractivity contribution in [3.05, 3.63) is 53.2 Å². The molecule has 3 amide bonds. The number of nitrogens with zero attached hydrogens (tertiary/aromatic N) is 3. The highest BCUT2D eigenvalue weighted by atomic mass is 35.5. The molecule has 1 N–H and O–H groups in total. The van der Waals surface area contributed by atoms with Gasteiger partial charge in [-0.2, -0.15) is 0 Å². The lowest BCUT2D eigenvalue weighted by Crippen LogP contribution is -2.41. The van der Waals surface area contributed by atoms with Crippen LogP contribution in [0.15, 0.2) is 23.6 Å². The largest absolute Gasteiger partial charge is 0.453 e. The van der Waals surface area contributed by atoms with Crippen LogP contribution in [0.3, 0.4) is 0 Å². The summed E-state index contributed by atoms with van der Waals surface area (Å²) in [6, 6.07) is 5.25. The highest BCUT2D eigenvalue weighted by Crippen LogP contribution is 2.47. The lowest BCUT2D eigenvalue weighted by molar-refractivity contribution is 0.131. The van der Waals surface area contributed by atoms with Crippen LogP contribution in [0.4, 0.5) is 20.4 Å². The minimum absolute atomic E-state index is 0.262. The van der Waals surface area contributed by atoms with Crippen LogP contribution in [0.25, 0.3) is 0 Å². The van der Waals surface area contributed by atoms with E-state index in [2.05, 4.69) is 17.2 Å². The van der Waals surface area contributed by atoms with E-state index in [1.54, 1.807) is 22.3 Å². The van der Waals surface area contributed by atoms with E-state index in [0.29, 0.717) is 29.8 Å². The average Bonchev–Trinajstić information content (AvgIpc) is 3.40. The Morgan fingerprint density at radius 3 is 2.96 bits per heavy atom. The van der Waals surface area contributed by atoms with E-state index in [9.17, 15) is 9.59 Å². The van der Waals surface area contributed by atoms with Crippen molar-refractivity contribution in [2.45, 2.75) is 11.8 Å². The number of aromatic nitrogens is 1. The predicted molar refractivity (Wildman–Crippen MR) is 109 cm³/mol. The van der Waals surface area contributed by atoms with Gasteiger partial charge in [0, 0.05) is 47.6 Å². The van der Waals surface area contributed by atoms with Crippen LogP contribution in [-0.2, 0) is 10.2 Å². The molecule has 4 rings (SSSR count). The van der Waals surface area contributed by atoms with Gasteiger partial charge in [-0.3, -0.25) is 10.2 Å². The molecule has 0 aliphatic carbocycles. The molecule has 1 aromatic carbocycles. The number of carbonyl (C=O) groups is 2. The molecule has 1 unspecified atom stereocenters. The molecule has 28 heavy (non-hydrogen) atoms. The van der Waals surface area contributed by atoms with Crippen LogP contribution in [0, 0.1) is 13.3 Å². The number of fused-ring (bicyclic) bond motifs is 2. The van der Waals surface area contributed by atoms with Crippen LogP contribution in [0.1, 0.15) is 17.7 Å². The number of hydrogen-bond donors (Lipinski definition) is 1. The number of ether oxygens (including phenoxy) is 1. The third-order valence-electron chi connectivity index (χ3n) is 5.26. The van der Waals surface area contributed by atoms with Crippen LogP contribution in [0.5, 0.6) is 0 Å². The van der Waals surface area contributed by atoms with Crippen molar-refractivity contribution in [1.82, 2.24) is 9.88 Å². The maximum absolute atomic E-state index is 13.0. The van der Waals surface area contributed by atoms with Crippen molar-refractivity contribution in [3.63, 3.8) is 0 Å². The summed E-state index contributed by atoms with van der Waals surface area (Å²) in [6.07, 6.45) is 2.01. The molecular formula is C19H19ClN4O3S. The van der Waals surface area contributed by atoms with E-state index < -0.39 is 0 Å². The van der Waals surface area contributed by atoms with Gasteiger partial charge in [0.1, 0.15) is 0 Å².